The van der Waals surface area contributed by atoms with Crippen LogP contribution in [-0.2, 0) is 6.42 Å². The first-order valence-corrected chi connectivity index (χ1v) is 6.52. The van der Waals surface area contributed by atoms with E-state index in [-0.39, 0.29) is 11.6 Å². The Morgan fingerprint density at radius 1 is 1.16 bits per heavy atom. The summed E-state index contributed by atoms with van der Waals surface area (Å²) in [5.74, 6) is -0.922. The molecule has 19 heavy (non-hydrogen) atoms. The molecule has 5 nitrogen and oxygen atoms in total. The fourth-order valence-corrected chi connectivity index (χ4v) is 2.16. The minimum absolute atomic E-state index is 0.000318. The number of rotatable bonds is 4. The lowest BCUT2D eigenvalue weighted by Gasteiger charge is -2.16. The predicted octanol–water partition coefficient (Wildman–Crippen LogP) is 1.73. The number of benzene rings is 1. The topological polar surface area (TPSA) is 69.6 Å². The van der Waals surface area contributed by atoms with Crippen LogP contribution in [0.3, 0.4) is 0 Å². The molecule has 1 heterocycles. The first-order valence-electron chi connectivity index (χ1n) is 6.52. The lowest BCUT2D eigenvalue weighted by Crippen LogP contribution is -2.38. The van der Waals surface area contributed by atoms with Gasteiger partial charge in [0.2, 0.25) is 0 Å². The molecule has 1 aliphatic heterocycles. The normalized spacial score (nSPS) is 14.4. The molecule has 1 aliphatic rings. The highest BCUT2D eigenvalue weighted by atomic mass is 16.4. The molecule has 1 saturated heterocycles. The van der Waals surface area contributed by atoms with Crippen LogP contribution >= 0.6 is 0 Å². The van der Waals surface area contributed by atoms with Crippen LogP contribution in [0, 0.1) is 0 Å². The van der Waals surface area contributed by atoms with Gasteiger partial charge in [-0.25, -0.2) is 9.59 Å². The number of hydrogen-bond donors (Lipinski definition) is 2. The molecule has 0 saturated carbocycles. The van der Waals surface area contributed by atoms with Crippen molar-refractivity contribution in [2.24, 2.45) is 0 Å². The maximum atomic E-state index is 11.7. The third-order valence-electron chi connectivity index (χ3n) is 3.28. The Hall–Kier alpha value is -2.04. The zero-order chi connectivity index (χ0) is 13.7. The summed E-state index contributed by atoms with van der Waals surface area (Å²) in [6.45, 7) is 2.26. The zero-order valence-electron chi connectivity index (χ0n) is 10.8. The van der Waals surface area contributed by atoms with E-state index in [1.807, 2.05) is 4.90 Å². The summed E-state index contributed by atoms with van der Waals surface area (Å²) in [4.78, 5) is 24.2. The summed E-state index contributed by atoms with van der Waals surface area (Å²) < 4.78 is 0. The lowest BCUT2D eigenvalue weighted by molar-refractivity contribution is 0.0697. The number of aromatic carboxylic acids is 1. The van der Waals surface area contributed by atoms with Gasteiger partial charge in [0.1, 0.15) is 0 Å². The van der Waals surface area contributed by atoms with Crippen LogP contribution < -0.4 is 5.32 Å². The fraction of sp³-hybridized carbons (Fsp3) is 0.429. The largest absolute Gasteiger partial charge is 0.478 e. The molecule has 2 rings (SSSR count). The number of carbonyl (C=O) groups is 2. The van der Waals surface area contributed by atoms with E-state index in [2.05, 4.69) is 5.32 Å². The van der Waals surface area contributed by atoms with Gasteiger partial charge in [0.05, 0.1) is 5.56 Å². The molecule has 0 radical (unpaired) electrons. The number of carboxylic acids is 1. The molecule has 0 atom stereocenters. The third kappa shape index (κ3) is 3.71. The van der Waals surface area contributed by atoms with Crippen molar-refractivity contribution in [1.29, 1.82) is 0 Å². The second-order valence-corrected chi connectivity index (χ2v) is 4.68. The van der Waals surface area contributed by atoms with Crippen molar-refractivity contribution < 1.29 is 14.7 Å². The smallest absolute Gasteiger partial charge is 0.335 e. The van der Waals surface area contributed by atoms with E-state index < -0.39 is 5.97 Å². The Balaban J connectivity index is 1.75. The van der Waals surface area contributed by atoms with Crippen molar-refractivity contribution in [3.63, 3.8) is 0 Å². The minimum Gasteiger partial charge on any atom is -0.478 e. The van der Waals surface area contributed by atoms with E-state index in [1.165, 1.54) is 0 Å². The number of nitrogens with one attached hydrogen (secondary N) is 1. The van der Waals surface area contributed by atoms with Crippen LogP contribution in [0.4, 0.5) is 4.79 Å². The first-order chi connectivity index (χ1) is 9.16. The number of carbonyl (C=O) groups excluding carboxylic acids is 1. The van der Waals surface area contributed by atoms with Crippen molar-refractivity contribution in [3.8, 4) is 0 Å². The van der Waals surface area contributed by atoms with Gasteiger partial charge in [-0.2, -0.15) is 0 Å². The summed E-state index contributed by atoms with van der Waals surface area (Å²) >= 11 is 0. The molecule has 0 unspecified atom stereocenters. The molecule has 1 fully saturated rings. The molecule has 1 aromatic carbocycles. The van der Waals surface area contributed by atoms with E-state index in [1.54, 1.807) is 24.3 Å². The summed E-state index contributed by atoms with van der Waals surface area (Å²) in [5.41, 5.74) is 1.30. The number of hydrogen-bond acceptors (Lipinski definition) is 2. The lowest BCUT2D eigenvalue weighted by atomic mass is 10.1. The highest BCUT2D eigenvalue weighted by Crippen LogP contribution is 2.07. The van der Waals surface area contributed by atoms with E-state index >= 15 is 0 Å². The number of carboxylic acid groups (broad SMARTS) is 1. The van der Waals surface area contributed by atoms with Crippen molar-refractivity contribution in [2.75, 3.05) is 19.6 Å². The van der Waals surface area contributed by atoms with Gasteiger partial charge >= 0.3 is 12.0 Å². The molecule has 102 valence electrons. The van der Waals surface area contributed by atoms with Gasteiger partial charge in [-0.15, -0.1) is 0 Å². The van der Waals surface area contributed by atoms with Gasteiger partial charge in [0.25, 0.3) is 0 Å². The quantitative estimate of drug-likeness (QED) is 0.868. The van der Waals surface area contributed by atoms with Gasteiger partial charge in [0.15, 0.2) is 0 Å². The van der Waals surface area contributed by atoms with Crippen molar-refractivity contribution in [3.05, 3.63) is 35.4 Å². The van der Waals surface area contributed by atoms with Crippen LogP contribution in [0.1, 0.15) is 28.8 Å². The highest BCUT2D eigenvalue weighted by molar-refractivity contribution is 5.87. The average Bonchev–Trinajstić information content (AvgIpc) is 2.93. The van der Waals surface area contributed by atoms with Crippen molar-refractivity contribution in [2.45, 2.75) is 19.3 Å². The second kappa shape index (κ2) is 6.22. The zero-order valence-corrected chi connectivity index (χ0v) is 10.8. The Labute approximate surface area is 112 Å². The maximum absolute atomic E-state index is 11.7. The fourth-order valence-electron chi connectivity index (χ4n) is 2.16. The number of likely N-dealkylation sites (tertiary alicyclic amines) is 1. The Morgan fingerprint density at radius 2 is 1.79 bits per heavy atom. The molecule has 2 N–H and O–H groups in total. The van der Waals surface area contributed by atoms with Gasteiger partial charge in [-0.3, -0.25) is 0 Å². The van der Waals surface area contributed by atoms with Crippen LogP contribution in [0.15, 0.2) is 24.3 Å². The second-order valence-electron chi connectivity index (χ2n) is 4.68. The van der Waals surface area contributed by atoms with Gasteiger partial charge in [-0.05, 0) is 37.0 Å². The van der Waals surface area contributed by atoms with Crippen LogP contribution in [-0.4, -0.2) is 41.6 Å². The standard InChI is InChI=1S/C14H18N2O3/c17-13(18)12-5-3-11(4-6-12)7-8-15-14(19)16-9-1-2-10-16/h3-6H,1-2,7-10H2,(H,15,19)(H,17,18). The number of urea groups is 1. The Morgan fingerprint density at radius 3 is 2.37 bits per heavy atom. The predicted molar refractivity (Wildman–Crippen MR) is 71.3 cm³/mol. The number of amides is 2. The number of nitrogens with zero attached hydrogens (tertiary/aromatic N) is 1. The van der Waals surface area contributed by atoms with E-state index in [4.69, 9.17) is 5.11 Å². The van der Waals surface area contributed by atoms with Crippen LogP contribution in [0.2, 0.25) is 0 Å². The minimum atomic E-state index is -0.922. The van der Waals surface area contributed by atoms with Crippen LogP contribution in [0.5, 0.6) is 0 Å². The Kier molecular flexibility index (Phi) is 4.39. The van der Waals surface area contributed by atoms with Crippen LogP contribution in [0.25, 0.3) is 0 Å². The molecule has 5 heteroatoms. The van der Waals surface area contributed by atoms with Crippen molar-refractivity contribution >= 4 is 12.0 Å². The van der Waals surface area contributed by atoms with Gasteiger partial charge in [-0.1, -0.05) is 12.1 Å². The third-order valence-corrected chi connectivity index (χ3v) is 3.28. The first kappa shape index (κ1) is 13.4. The van der Waals surface area contributed by atoms with E-state index in [0.29, 0.717) is 13.0 Å². The monoisotopic (exact) mass is 262 g/mol. The molecule has 0 spiro atoms. The highest BCUT2D eigenvalue weighted by Gasteiger charge is 2.16. The average molecular weight is 262 g/mol. The summed E-state index contributed by atoms with van der Waals surface area (Å²) in [6, 6.07) is 6.73. The summed E-state index contributed by atoms with van der Waals surface area (Å²) in [5, 5.41) is 11.7. The molecule has 1 aromatic rings. The summed E-state index contributed by atoms with van der Waals surface area (Å²) in [6.07, 6.45) is 2.88. The molecule has 0 aliphatic carbocycles. The maximum Gasteiger partial charge on any atom is 0.335 e. The summed E-state index contributed by atoms with van der Waals surface area (Å²) in [7, 11) is 0. The molecule has 0 bridgehead atoms. The molecule has 0 aromatic heterocycles. The molecule has 2 amide bonds. The SMILES string of the molecule is O=C(O)c1ccc(CCNC(=O)N2CCCC2)cc1. The van der Waals surface area contributed by atoms with Crippen molar-refractivity contribution in [1.82, 2.24) is 10.2 Å². The molecular weight excluding hydrogens is 244 g/mol. The van der Waals surface area contributed by atoms with Gasteiger partial charge < -0.3 is 15.3 Å². The Bertz CT molecular complexity index is 450. The van der Waals surface area contributed by atoms with E-state index in [0.717, 1.165) is 31.5 Å². The van der Waals surface area contributed by atoms with Gasteiger partial charge in [0, 0.05) is 19.6 Å². The molecular formula is C14H18N2O3. The van der Waals surface area contributed by atoms with E-state index in [9.17, 15) is 9.59 Å².